The molecule has 38 heavy (non-hydrogen) atoms. The molecule has 1 atom stereocenters. The van der Waals surface area contributed by atoms with Gasteiger partial charge in [0.05, 0.1) is 11.7 Å². The monoisotopic (exact) mass is 514 g/mol. The second kappa shape index (κ2) is 13.0. The summed E-state index contributed by atoms with van der Waals surface area (Å²) in [7, 11) is 0. The second-order valence-corrected chi connectivity index (χ2v) is 8.79. The van der Waals surface area contributed by atoms with Gasteiger partial charge in [-0.3, -0.25) is 14.3 Å². The molecular formula is C28H30N6O4. The summed E-state index contributed by atoms with van der Waals surface area (Å²) in [6.45, 7) is 1.21. The molecule has 0 saturated heterocycles. The normalized spacial score (nSPS) is 11.6. The zero-order valence-electron chi connectivity index (χ0n) is 20.8. The first-order valence-electron chi connectivity index (χ1n) is 12.4. The van der Waals surface area contributed by atoms with Crippen molar-refractivity contribution < 1.29 is 19.5 Å². The van der Waals surface area contributed by atoms with Gasteiger partial charge in [-0.2, -0.15) is 5.10 Å². The number of aryl methyl sites for hydroxylation is 2. The van der Waals surface area contributed by atoms with Crippen LogP contribution >= 0.6 is 0 Å². The number of nitrogens with one attached hydrogen (secondary N) is 3. The van der Waals surface area contributed by atoms with Crippen molar-refractivity contribution in [1.29, 1.82) is 0 Å². The third-order valence-electron chi connectivity index (χ3n) is 6.01. The van der Waals surface area contributed by atoms with Crippen molar-refractivity contribution in [3.05, 3.63) is 90.3 Å². The topological polar surface area (TPSA) is 138 Å². The predicted molar refractivity (Wildman–Crippen MR) is 144 cm³/mol. The minimum Gasteiger partial charge on any atom is -0.480 e. The van der Waals surface area contributed by atoms with E-state index in [1.807, 2.05) is 59.3 Å². The maximum absolute atomic E-state index is 12.7. The number of anilines is 1. The Morgan fingerprint density at radius 3 is 2.58 bits per heavy atom. The van der Waals surface area contributed by atoms with Crippen LogP contribution in [0.15, 0.2) is 79.1 Å². The van der Waals surface area contributed by atoms with Crippen molar-refractivity contribution in [3.63, 3.8) is 0 Å². The quantitative estimate of drug-likeness (QED) is 0.201. The van der Waals surface area contributed by atoms with Crippen LogP contribution in [0.5, 0.6) is 0 Å². The molecule has 0 spiro atoms. The number of hydrogen-bond acceptors (Lipinski definition) is 6. The molecule has 0 fully saturated rings. The van der Waals surface area contributed by atoms with Gasteiger partial charge in [0.25, 0.3) is 5.91 Å². The number of benzene rings is 2. The van der Waals surface area contributed by atoms with Crippen LogP contribution in [-0.2, 0) is 22.6 Å². The van der Waals surface area contributed by atoms with Crippen LogP contribution in [0.4, 0.5) is 5.82 Å². The van der Waals surface area contributed by atoms with Gasteiger partial charge in [0.2, 0.25) is 5.91 Å². The van der Waals surface area contributed by atoms with Crippen molar-refractivity contribution in [2.75, 3.05) is 18.4 Å². The highest BCUT2D eigenvalue weighted by Crippen LogP contribution is 2.16. The molecule has 0 bridgehead atoms. The zero-order valence-corrected chi connectivity index (χ0v) is 20.8. The molecule has 0 unspecified atom stereocenters. The average molecular weight is 515 g/mol. The van der Waals surface area contributed by atoms with E-state index in [0.717, 1.165) is 35.2 Å². The van der Waals surface area contributed by atoms with Gasteiger partial charge in [0.1, 0.15) is 11.9 Å². The summed E-state index contributed by atoms with van der Waals surface area (Å²) in [6, 6.07) is 19.2. The highest BCUT2D eigenvalue weighted by molar-refractivity contribution is 5.98. The van der Waals surface area contributed by atoms with Gasteiger partial charge in [-0.25, -0.2) is 9.78 Å². The number of aromatic nitrogens is 3. The van der Waals surface area contributed by atoms with Crippen LogP contribution < -0.4 is 16.0 Å². The number of pyridine rings is 1. The molecule has 2 aromatic carbocycles. The number of nitrogens with zero attached hydrogens (tertiary/aromatic N) is 3. The van der Waals surface area contributed by atoms with Crippen LogP contribution in [0.1, 0.15) is 28.8 Å². The first-order valence-corrected chi connectivity index (χ1v) is 12.4. The Balaban J connectivity index is 1.26. The molecule has 0 saturated carbocycles. The number of carbonyl (C=O) groups is 3. The Morgan fingerprint density at radius 1 is 1.00 bits per heavy atom. The minimum atomic E-state index is -1.23. The molecule has 10 nitrogen and oxygen atoms in total. The molecule has 4 N–H and O–H groups in total. The van der Waals surface area contributed by atoms with Crippen molar-refractivity contribution in [1.82, 2.24) is 25.4 Å². The fourth-order valence-corrected chi connectivity index (χ4v) is 3.99. The molecule has 0 aliphatic carbocycles. The SMILES string of the molecule is O=C(CCc1ccccc1)N[C@@H](CNC(=O)c1ccc2c(cnn2CCCNc2ccccn2)c1)C(=O)O. The van der Waals surface area contributed by atoms with Crippen LogP contribution in [0.3, 0.4) is 0 Å². The van der Waals surface area contributed by atoms with E-state index in [9.17, 15) is 19.5 Å². The molecule has 4 aromatic rings. The van der Waals surface area contributed by atoms with E-state index in [4.69, 9.17) is 0 Å². The lowest BCUT2D eigenvalue weighted by Crippen LogP contribution is -2.48. The summed E-state index contributed by atoms with van der Waals surface area (Å²) < 4.78 is 1.88. The van der Waals surface area contributed by atoms with Gasteiger partial charge in [0.15, 0.2) is 0 Å². The van der Waals surface area contributed by atoms with Gasteiger partial charge < -0.3 is 21.1 Å². The van der Waals surface area contributed by atoms with E-state index < -0.39 is 17.9 Å². The van der Waals surface area contributed by atoms with Crippen LogP contribution in [0, 0.1) is 0 Å². The summed E-state index contributed by atoms with van der Waals surface area (Å²) in [5, 5.41) is 23.1. The maximum Gasteiger partial charge on any atom is 0.328 e. The Hall–Kier alpha value is -4.73. The summed E-state index contributed by atoms with van der Waals surface area (Å²) in [5.41, 5.74) is 2.27. The van der Waals surface area contributed by atoms with Gasteiger partial charge in [0, 0.05) is 43.2 Å². The molecule has 2 heterocycles. The van der Waals surface area contributed by atoms with Crippen LogP contribution in [-0.4, -0.2) is 56.8 Å². The number of carbonyl (C=O) groups excluding carboxylic acids is 2. The number of amides is 2. The molecule has 0 radical (unpaired) electrons. The van der Waals surface area contributed by atoms with E-state index in [0.29, 0.717) is 18.5 Å². The summed E-state index contributed by atoms with van der Waals surface area (Å²) >= 11 is 0. The molecule has 2 aromatic heterocycles. The Kier molecular flexibility index (Phi) is 9.01. The van der Waals surface area contributed by atoms with Crippen molar-refractivity contribution >= 4 is 34.5 Å². The number of fused-ring (bicyclic) bond motifs is 1. The number of rotatable bonds is 13. The second-order valence-electron chi connectivity index (χ2n) is 8.79. The van der Waals surface area contributed by atoms with E-state index in [1.54, 1.807) is 24.5 Å². The highest BCUT2D eigenvalue weighted by atomic mass is 16.4. The van der Waals surface area contributed by atoms with E-state index >= 15 is 0 Å². The minimum absolute atomic E-state index is 0.154. The summed E-state index contributed by atoms with van der Waals surface area (Å²) in [5.74, 6) is -1.21. The van der Waals surface area contributed by atoms with Crippen molar-refractivity contribution in [2.24, 2.45) is 0 Å². The standard InChI is InChI=1S/C28H30N6O4/c35-26(13-10-20-7-2-1-3-8-20)33-23(28(37)38)19-31-27(36)21-11-12-24-22(17-21)18-32-34(24)16-6-15-30-25-9-4-5-14-29-25/h1-5,7-9,11-12,14,17-18,23H,6,10,13,15-16,19H2,(H,29,30)(H,31,36)(H,33,35)(H,37,38)/t23-/m0/s1. The van der Waals surface area contributed by atoms with Crippen LogP contribution in [0.25, 0.3) is 10.9 Å². The Morgan fingerprint density at radius 2 is 1.82 bits per heavy atom. The Labute approximate surface area is 220 Å². The molecule has 0 aliphatic heterocycles. The average Bonchev–Trinajstić information content (AvgIpc) is 3.35. The fourth-order valence-electron chi connectivity index (χ4n) is 3.99. The van der Waals surface area contributed by atoms with Gasteiger partial charge in [-0.1, -0.05) is 36.4 Å². The molecule has 4 rings (SSSR count). The third kappa shape index (κ3) is 7.39. The molecule has 196 valence electrons. The van der Waals surface area contributed by atoms with E-state index in [-0.39, 0.29) is 18.9 Å². The van der Waals surface area contributed by atoms with Crippen molar-refractivity contribution in [3.8, 4) is 0 Å². The first-order chi connectivity index (χ1) is 18.5. The lowest BCUT2D eigenvalue weighted by Gasteiger charge is -2.15. The highest BCUT2D eigenvalue weighted by Gasteiger charge is 2.21. The number of aliphatic carboxylic acids is 1. The molecule has 0 aliphatic rings. The first kappa shape index (κ1) is 26.3. The fraction of sp³-hybridized carbons (Fsp3) is 0.250. The predicted octanol–water partition coefficient (Wildman–Crippen LogP) is 2.87. The zero-order chi connectivity index (χ0) is 26.7. The van der Waals surface area contributed by atoms with E-state index in [2.05, 4.69) is 26.0 Å². The van der Waals surface area contributed by atoms with Gasteiger partial charge in [-0.05, 0) is 48.7 Å². The number of hydrogen-bond donors (Lipinski definition) is 4. The maximum atomic E-state index is 12.7. The third-order valence-corrected chi connectivity index (χ3v) is 6.01. The smallest absolute Gasteiger partial charge is 0.328 e. The van der Waals surface area contributed by atoms with Crippen molar-refractivity contribution in [2.45, 2.75) is 31.8 Å². The molecule has 2 amide bonds. The lowest BCUT2D eigenvalue weighted by atomic mass is 10.1. The number of carboxylic acid groups (broad SMARTS) is 1. The van der Waals surface area contributed by atoms with E-state index in [1.165, 1.54) is 0 Å². The molecule has 10 heteroatoms. The van der Waals surface area contributed by atoms with Crippen LogP contribution in [0.2, 0.25) is 0 Å². The largest absolute Gasteiger partial charge is 0.480 e. The molecular weight excluding hydrogens is 484 g/mol. The van der Waals surface area contributed by atoms with Gasteiger partial charge >= 0.3 is 5.97 Å². The lowest BCUT2D eigenvalue weighted by molar-refractivity contribution is -0.141. The van der Waals surface area contributed by atoms with Gasteiger partial charge in [-0.15, -0.1) is 0 Å². The number of carboxylic acids is 1. The summed E-state index contributed by atoms with van der Waals surface area (Å²) in [4.78, 5) is 40.8. The summed E-state index contributed by atoms with van der Waals surface area (Å²) in [6.07, 6.45) is 4.93. The Bertz CT molecular complexity index is 1370.